The van der Waals surface area contributed by atoms with E-state index in [1.54, 1.807) is 7.05 Å². The number of aryl methyl sites for hydroxylation is 1. The van der Waals surface area contributed by atoms with E-state index in [4.69, 9.17) is 0 Å². The van der Waals surface area contributed by atoms with Crippen LogP contribution in [0, 0.1) is 0 Å². The van der Waals surface area contributed by atoms with Gasteiger partial charge in [0.25, 0.3) is 5.91 Å². The Labute approximate surface area is 213 Å². The molecule has 0 spiro atoms. The number of hydrogen-bond acceptors (Lipinski definition) is 4. The number of carbonyl (C=O) groups is 1. The molecule has 36 heavy (non-hydrogen) atoms. The Morgan fingerprint density at radius 3 is 2.33 bits per heavy atom. The molecule has 0 saturated heterocycles. The van der Waals surface area contributed by atoms with Crippen LogP contribution in [-0.2, 0) is 23.1 Å². The Bertz CT molecular complexity index is 1740. The van der Waals surface area contributed by atoms with Crippen molar-refractivity contribution in [3.8, 4) is 0 Å². The average Bonchev–Trinajstić information content (AvgIpc) is 3.26. The zero-order valence-corrected chi connectivity index (χ0v) is 21.6. The minimum absolute atomic E-state index is 0.134. The maximum atomic E-state index is 13.0. The Kier molecular flexibility index (Phi) is 6.57. The number of carbonyl (C=O) groups excluding carboxylic acids is 1. The first-order valence-electron chi connectivity index (χ1n) is 11.6. The molecule has 1 amide bonds. The molecule has 0 saturated carbocycles. The second kappa shape index (κ2) is 9.81. The average molecular weight is 516 g/mol. The van der Waals surface area contributed by atoms with Crippen molar-refractivity contribution in [1.29, 1.82) is 0 Å². The van der Waals surface area contributed by atoms with Gasteiger partial charge in [-0.3, -0.25) is 4.79 Å². The lowest BCUT2D eigenvalue weighted by Gasteiger charge is -2.17. The maximum absolute atomic E-state index is 13.0. The molecule has 0 aliphatic heterocycles. The lowest BCUT2D eigenvalue weighted by Crippen LogP contribution is -2.26. The first kappa shape index (κ1) is 24.1. The van der Waals surface area contributed by atoms with E-state index in [-0.39, 0.29) is 11.4 Å². The SMILES string of the molecule is CCn1c(=NC(=O)c2ccc(S(=O)(=O)N(C)Cc3ccccc3)cc2)sc2c3ccccc3ccc21. The molecule has 5 aromatic rings. The van der Waals surface area contributed by atoms with Gasteiger partial charge in [0.05, 0.1) is 15.1 Å². The van der Waals surface area contributed by atoms with Crippen molar-refractivity contribution in [3.05, 3.63) is 107 Å². The molecule has 8 heteroatoms. The van der Waals surface area contributed by atoms with E-state index in [1.807, 2.05) is 54.0 Å². The summed E-state index contributed by atoms with van der Waals surface area (Å²) in [4.78, 5) is 18.2. The maximum Gasteiger partial charge on any atom is 0.279 e. The van der Waals surface area contributed by atoms with Gasteiger partial charge in [-0.25, -0.2) is 8.42 Å². The van der Waals surface area contributed by atoms with Gasteiger partial charge in [-0.1, -0.05) is 72.0 Å². The zero-order valence-electron chi connectivity index (χ0n) is 20.0. The first-order valence-corrected chi connectivity index (χ1v) is 13.8. The summed E-state index contributed by atoms with van der Waals surface area (Å²) in [6.07, 6.45) is 0. The van der Waals surface area contributed by atoms with E-state index < -0.39 is 15.9 Å². The van der Waals surface area contributed by atoms with Crippen molar-refractivity contribution in [2.45, 2.75) is 24.9 Å². The molecule has 182 valence electrons. The molecule has 0 N–H and O–H groups in total. The quantitative estimate of drug-likeness (QED) is 0.302. The van der Waals surface area contributed by atoms with Gasteiger partial charge in [0.15, 0.2) is 4.80 Å². The number of aromatic nitrogens is 1. The van der Waals surface area contributed by atoms with E-state index in [0.29, 0.717) is 16.9 Å². The van der Waals surface area contributed by atoms with Crippen LogP contribution in [0.3, 0.4) is 0 Å². The number of nitrogens with zero attached hydrogens (tertiary/aromatic N) is 3. The number of rotatable bonds is 6. The zero-order chi connectivity index (χ0) is 25.3. The Balaban J connectivity index is 1.45. The number of amides is 1. The Morgan fingerprint density at radius 1 is 0.917 bits per heavy atom. The van der Waals surface area contributed by atoms with Crippen LogP contribution < -0.4 is 4.80 Å². The second-order valence-electron chi connectivity index (χ2n) is 8.45. The van der Waals surface area contributed by atoms with Crippen LogP contribution in [0.25, 0.3) is 21.0 Å². The van der Waals surface area contributed by atoms with Gasteiger partial charge in [0, 0.05) is 31.1 Å². The summed E-state index contributed by atoms with van der Waals surface area (Å²) in [5.74, 6) is -0.408. The van der Waals surface area contributed by atoms with Crippen molar-refractivity contribution in [1.82, 2.24) is 8.87 Å². The first-order chi connectivity index (χ1) is 17.4. The van der Waals surface area contributed by atoms with E-state index in [0.717, 1.165) is 26.6 Å². The van der Waals surface area contributed by atoms with E-state index in [2.05, 4.69) is 29.3 Å². The highest BCUT2D eigenvalue weighted by Crippen LogP contribution is 2.27. The summed E-state index contributed by atoms with van der Waals surface area (Å²) >= 11 is 1.49. The van der Waals surface area contributed by atoms with Crippen LogP contribution >= 0.6 is 11.3 Å². The van der Waals surface area contributed by atoms with Gasteiger partial charge in [0.1, 0.15) is 0 Å². The van der Waals surface area contributed by atoms with E-state index in [9.17, 15) is 13.2 Å². The molecule has 4 aromatic carbocycles. The molecule has 6 nitrogen and oxygen atoms in total. The lowest BCUT2D eigenvalue weighted by molar-refractivity contribution is 0.0997. The fraction of sp³-hybridized carbons (Fsp3) is 0.143. The third-order valence-electron chi connectivity index (χ3n) is 6.14. The molecule has 0 atom stereocenters. The van der Waals surface area contributed by atoms with E-state index in [1.165, 1.54) is 39.9 Å². The molecule has 0 aliphatic carbocycles. The van der Waals surface area contributed by atoms with Crippen LogP contribution in [0.4, 0.5) is 0 Å². The fourth-order valence-corrected chi connectivity index (χ4v) is 6.60. The highest BCUT2D eigenvalue weighted by molar-refractivity contribution is 7.89. The van der Waals surface area contributed by atoms with Gasteiger partial charge in [0.2, 0.25) is 10.0 Å². The minimum atomic E-state index is -3.70. The molecular formula is C28H25N3O3S2. The Morgan fingerprint density at radius 2 is 1.61 bits per heavy atom. The van der Waals surface area contributed by atoms with Gasteiger partial charge < -0.3 is 4.57 Å². The van der Waals surface area contributed by atoms with Gasteiger partial charge in [-0.05, 0) is 48.2 Å². The smallest absolute Gasteiger partial charge is 0.279 e. The number of benzene rings is 4. The standard InChI is InChI=1S/C28H25N3O3S2/c1-3-31-25-18-15-21-11-7-8-12-24(21)26(25)35-28(31)29-27(32)22-13-16-23(17-14-22)36(33,34)30(2)19-20-9-5-4-6-10-20/h4-18H,3,19H2,1-2H3. The molecule has 0 fully saturated rings. The van der Waals surface area contributed by atoms with Gasteiger partial charge >= 0.3 is 0 Å². The number of fused-ring (bicyclic) bond motifs is 3. The largest absolute Gasteiger partial charge is 0.317 e. The topological polar surface area (TPSA) is 71.7 Å². The van der Waals surface area contributed by atoms with Crippen molar-refractivity contribution in [3.63, 3.8) is 0 Å². The van der Waals surface area contributed by atoms with Crippen molar-refractivity contribution in [2.75, 3.05) is 7.05 Å². The molecule has 0 bridgehead atoms. The minimum Gasteiger partial charge on any atom is -0.317 e. The summed E-state index contributed by atoms with van der Waals surface area (Å²) in [6.45, 7) is 2.96. The molecule has 1 aromatic heterocycles. The third-order valence-corrected chi connectivity index (χ3v) is 9.09. The number of sulfonamides is 1. The summed E-state index contributed by atoms with van der Waals surface area (Å²) in [5, 5.41) is 2.27. The molecular weight excluding hydrogens is 490 g/mol. The number of thiazole rings is 1. The molecule has 0 unspecified atom stereocenters. The third kappa shape index (κ3) is 4.51. The highest BCUT2D eigenvalue weighted by Gasteiger charge is 2.21. The van der Waals surface area contributed by atoms with Gasteiger partial charge in [-0.2, -0.15) is 9.30 Å². The summed E-state index contributed by atoms with van der Waals surface area (Å²) < 4.78 is 30.4. The molecule has 5 rings (SSSR count). The normalized spacial score (nSPS) is 12.6. The summed E-state index contributed by atoms with van der Waals surface area (Å²) in [7, 11) is -2.15. The van der Waals surface area contributed by atoms with Gasteiger partial charge in [-0.15, -0.1) is 0 Å². The van der Waals surface area contributed by atoms with Crippen LogP contribution in [-0.4, -0.2) is 30.2 Å². The predicted molar refractivity (Wildman–Crippen MR) is 144 cm³/mol. The van der Waals surface area contributed by atoms with Crippen molar-refractivity contribution in [2.24, 2.45) is 4.99 Å². The lowest BCUT2D eigenvalue weighted by atomic mass is 10.1. The van der Waals surface area contributed by atoms with E-state index >= 15 is 0 Å². The van der Waals surface area contributed by atoms with Crippen LogP contribution in [0.1, 0.15) is 22.8 Å². The number of hydrogen-bond donors (Lipinski definition) is 0. The molecule has 0 aliphatic rings. The van der Waals surface area contributed by atoms with Crippen molar-refractivity contribution >= 4 is 48.3 Å². The molecule has 0 radical (unpaired) electrons. The summed E-state index contributed by atoms with van der Waals surface area (Å²) in [6, 6.07) is 27.7. The van der Waals surface area contributed by atoms with Crippen LogP contribution in [0.5, 0.6) is 0 Å². The van der Waals surface area contributed by atoms with Crippen LogP contribution in [0.15, 0.2) is 101 Å². The highest BCUT2D eigenvalue weighted by atomic mass is 32.2. The molecule has 1 heterocycles. The fourth-order valence-electron chi connectivity index (χ4n) is 4.22. The monoisotopic (exact) mass is 515 g/mol. The van der Waals surface area contributed by atoms with Crippen molar-refractivity contribution < 1.29 is 13.2 Å². The Hall–Kier alpha value is -3.59. The predicted octanol–water partition coefficient (Wildman–Crippen LogP) is 5.44. The van der Waals surface area contributed by atoms with Crippen LogP contribution in [0.2, 0.25) is 0 Å². The summed E-state index contributed by atoms with van der Waals surface area (Å²) in [5.41, 5.74) is 2.27. The second-order valence-corrected chi connectivity index (χ2v) is 11.5.